The smallest absolute Gasteiger partial charge is 0.416 e. The number of carboxylic acid groups (broad SMARTS) is 1. The minimum atomic E-state index is -4.43. The SMILES string of the molecule is O=C(O)C1CCCCN1C(=O)CSc1cccc(C(F)(F)F)c1. The Bertz CT molecular complexity index is 592. The molecular formula is C15H16F3NO3S. The summed E-state index contributed by atoms with van der Waals surface area (Å²) in [7, 11) is 0. The second-order valence-electron chi connectivity index (χ2n) is 5.25. The lowest BCUT2D eigenvalue weighted by molar-refractivity contribution is -0.150. The number of halogens is 3. The molecule has 1 amide bonds. The molecule has 0 aliphatic carbocycles. The number of nitrogens with zero attached hydrogens (tertiary/aromatic N) is 1. The number of carbonyl (C=O) groups is 2. The number of carbonyl (C=O) groups excluding carboxylic acids is 1. The largest absolute Gasteiger partial charge is 0.480 e. The molecule has 4 nitrogen and oxygen atoms in total. The third kappa shape index (κ3) is 4.63. The Balaban J connectivity index is 2.00. The van der Waals surface area contributed by atoms with Crippen LogP contribution in [0.3, 0.4) is 0 Å². The number of carboxylic acids is 1. The number of piperidine rings is 1. The number of amides is 1. The number of thioether (sulfide) groups is 1. The van der Waals surface area contributed by atoms with Crippen LogP contribution < -0.4 is 0 Å². The maximum absolute atomic E-state index is 12.6. The Hall–Kier alpha value is -1.70. The van der Waals surface area contributed by atoms with E-state index in [1.807, 2.05) is 0 Å². The topological polar surface area (TPSA) is 57.6 Å². The average Bonchev–Trinajstić information content (AvgIpc) is 2.52. The molecule has 1 heterocycles. The summed E-state index contributed by atoms with van der Waals surface area (Å²) in [5.74, 6) is -1.48. The van der Waals surface area contributed by atoms with Gasteiger partial charge in [-0.1, -0.05) is 6.07 Å². The zero-order valence-electron chi connectivity index (χ0n) is 12.2. The number of likely N-dealkylation sites (tertiary alicyclic amines) is 1. The third-order valence-corrected chi connectivity index (χ3v) is 4.61. The monoisotopic (exact) mass is 347 g/mol. The maximum atomic E-state index is 12.6. The Morgan fingerprint density at radius 3 is 2.70 bits per heavy atom. The number of rotatable bonds is 4. The van der Waals surface area contributed by atoms with E-state index in [2.05, 4.69) is 0 Å². The Kier molecular flexibility index (Phi) is 5.56. The average molecular weight is 347 g/mol. The van der Waals surface area contributed by atoms with Crippen LogP contribution in [0.25, 0.3) is 0 Å². The number of hydrogen-bond acceptors (Lipinski definition) is 3. The second kappa shape index (κ2) is 7.25. The summed E-state index contributed by atoms with van der Waals surface area (Å²) in [5.41, 5.74) is -0.767. The fourth-order valence-corrected chi connectivity index (χ4v) is 3.32. The van der Waals surface area contributed by atoms with Gasteiger partial charge in [0, 0.05) is 11.4 Å². The minimum Gasteiger partial charge on any atom is -0.480 e. The van der Waals surface area contributed by atoms with E-state index >= 15 is 0 Å². The molecule has 0 saturated carbocycles. The van der Waals surface area contributed by atoms with Gasteiger partial charge in [-0.3, -0.25) is 4.79 Å². The zero-order chi connectivity index (χ0) is 17.0. The van der Waals surface area contributed by atoms with Crippen LogP contribution in [0.15, 0.2) is 29.2 Å². The van der Waals surface area contributed by atoms with E-state index in [-0.39, 0.29) is 11.7 Å². The van der Waals surface area contributed by atoms with E-state index in [1.165, 1.54) is 17.0 Å². The third-order valence-electron chi connectivity index (χ3n) is 3.63. The fraction of sp³-hybridized carbons (Fsp3) is 0.467. The summed E-state index contributed by atoms with van der Waals surface area (Å²) in [6.07, 6.45) is -2.53. The van der Waals surface area contributed by atoms with E-state index in [0.29, 0.717) is 17.9 Å². The van der Waals surface area contributed by atoms with Gasteiger partial charge in [0.2, 0.25) is 5.91 Å². The molecule has 1 N–H and O–H groups in total. The molecule has 1 aliphatic rings. The van der Waals surface area contributed by atoms with E-state index in [1.54, 1.807) is 0 Å². The summed E-state index contributed by atoms with van der Waals surface area (Å²) >= 11 is 0.982. The molecule has 1 aliphatic heterocycles. The van der Waals surface area contributed by atoms with Crippen LogP contribution in [0.1, 0.15) is 24.8 Å². The highest BCUT2D eigenvalue weighted by molar-refractivity contribution is 8.00. The highest BCUT2D eigenvalue weighted by Gasteiger charge is 2.32. The van der Waals surface area contributed by atoms with Crippen molar-refractivity contribution in [3.63, 3.8) is 0 Å². The van der Waals surface area contributed by atoms with Crippen molar-refractivity contribution < 1.29 is 27.9 Å². The zero-order valence-corrected chi connectivity index (χ0v) is 13.0. The number of benzene rings is 1. The normalized spacial score (nSPS) is 18.7. The molecule has 1 fully saturated rings. The van der Waals surface area contributed by atoms with E-state index in [9.17, 15) is 22.8 Å². The number of hydrogen-bond donors (Lipinski definition) is 1. The molecular weight excluding hydrogens is 331 g/mol. The first kappa shape index (κ1) is 17.7. The Morgan fingerprint density at radius 1 is 1.30 bits per heavy atom. The van der Waals surface area contributed by atoms with E-state index in [4.69, 9.17) is 5.11 Å². The predicted molar refractivity (Wildman–Crippen MR) is 79.2 cm³/mol. The summed E-state index contributed by atoms with van der Waals surface area (Å²) in [6, 6.07) is 3.91. The van der Waals surface area contributed by atoms with Crippen molar-refractivity contribution in [2.45, 2.75) is 36.4 Å². The summed E-state index contributed by atoms with van der Waals surface area (Å²) < 4.78 is 37.9. The molecule has 2 rings (SSSR count). The second-order valence-corrected chi connectivity index (χ2v) is 6.30. The first-order valence-electron chi connectivity index (χ1n) is 7.11. The van der Waals surface area contributed by atoms with Gasteiger partial charge in [0.25, 0.3) is 0 Å². The lowest BCUT2D eigenvalue weighted by Gasteiger charge is -2.32. The molecule has 1 unspecified atom stereocenters. The van der Waals surface area contributed by atoms with Crippen molar-refractivity contribution in [2.24, 2.45) is 0 Å². The minimum absolute atomic E-state index is 0.0783. The van der Waals surface area contributed by atoms with Gasteiger partial charge in [-0.25, -0.2) is 4.79 Å². The molecule has 1 atom stereocenters. The van der Waals surface area contributed by atoms with Crippen LogP contribution >= 0.6 is 11.8 Å². The number of aliphatic carboxylic acids is 1. The van der Waals surface area contributed by atoms with Gasteiger partial charge in [-0.15, -0.1) is 11.8 Å². The van der Waals surface area contributed by atoms with Crippen molar-refractivity contribution in [1.82, 2.24) is 4.90 Å². The number of alkyl halides is 3. The van der Waals surface area contributed by atoms with Crippen molar-refractivity contribution >= 4 is 23.6 Å². The van der Waals surface area contributed by atoms with Crippen molar-refractivity contribution in [3.05, 3.63) is 29.8 Å². The van der Waals surface area contributed by atoms with Crippen LogP contribution in [0.5, 0.6) is 0 Å². The highest BCUT2D eigenvalue weighted by atomic mass is 32.2. The van der Waals surface area contributed by atoms with Gasteiger partial charge < -0.3 is 10.0 Å². The van der Waals surface area contributed by atoms with Crippen molar-refractivity contribution in [1.29, 1.82) is 0 Å². The van der Waals surface area contributed by atoms with E-state index in [0.717, 1.165) is 36.7 Å². The molecule has 8 heteroatoms. The standard InChI is InChI=1S/C15H16F3NO3S/c16-15(17,18)10-4-3-5-11(8-10)23-9-13(20)19-7-2-1-6-12(19)14(21)22/h3-5,8,12H,1-2,6-7,9H2,(H,21,22). The fourth-order valence-electron chi connectivity index (χ4n) is 2.48. The molecule has 0 aromatic heterocycles. The summed E-state index contributed by atoms with van der Waals surface area (Å²) in [5, 5.41) is 9.14. The Morgan fingerprint density at radius 2 is 2.04 bits per heavy atom. The molecule has 1 aromatic carbocycles. The summed E-state index contributed by atoms with van der Waals surface area (Å²) in [4.78, 5) is 25.0. The molecule has 1 saturated heterocycles. The lowest BCUT2D eigenvalue weighted by atomic mass is 10.0. The van der Waals surface area contributed by atoms with Gasteiger partial charge in [0.15, 0.2) is 0 Å². The highest BCUT2D eigenvalue weighted by Crippen LogP contribution is 2.32. The molecule has 1 aromatic rings. The first-order chi connectivity index (χ1) is 10.8. The van der Waals surface area contributed by atoms with Crippen molar-refractivity contribution in [2.75, 3.05) is 12.3 Å². The van der Waals surface area contributed by atoms with Crippen molar-refractivity contribution in [3.8, 4) is 0 Å². The lowest BCUT2D eigenvalue weighted by Crippen LogP contribution is -2.48. The van der Waals surface area contributed by atoms with Crippen LogP contribution in [-0.4, -0.2) is 40.2 Å². The predicted octanol–water partition coefficient (Wildman–Crippen LogP) is 3.26. The van der Waals surface area contributed by atoms with Gasteiger partial charge >= 0.3 is 12.1 Å². The molecule has 0 radical (unpaired) electrons. The van der Waals surface area contributed by atoms with Gasteiger partial charge in [0.05, 0.1) is 11.3 Å². The maximum Gasteiger partial charge on any atom is 0.416 e. The Labute approximate surface area is 135 Å². The molecule has 0 bridgehead atoms. The van der Waals surface area contributed by atoms with Crippen LogP contribution in [-0.2, 0) is 15.8 Å². The van der Waals surface area contributed by atoms with Crippen LogP contribution in [0.2, 0.25) is 0 Å². The quantitative estimate of drug-likeness (QED) is 0.850. The van der Waals surface area contributed by atoms with Crippen LogP contribution in [0.4, 0.5) is 13.2 Å². The van der Waals surface area contributed by atoms with E-state index < -0.39 is 23.8 Å². The van der Waals surface area contributed by atoms with Crippen LogP contribution in [0, 0.1) is 0 Å². The van der Waals surface area contributed by atoms with Gasteiger partial charge in [-0.05, 0) is 37.5 Å². The van der Waals surface area contributed by atoms with Gasteiger partial charge in [0.1, 0.15) is 6.04 Å². The summed E-state index contributed by atoms with van der Waals surface area (Å²) in [6.45, 7) is 0.374. The first-order valence-corrected chi connectivity index (χ1v) is 8.10. The molecule has 126 valence electrons. The van der Waals surface area contributed by atoms with Gasteiger partial charge in [-0.2, -0.15) is 13.2 Å². The molecule has 0 spiro atoms. The molecule has 23 heavy (non-hydrogen) atoms.